The van der Waals surface area contributed by atoms with Crippen molar-refractivity contribution in [2.24, 2.45) is 5.84 Å². The maximum Gasteiger partial charge on any atom is 0.0553 e. The third-order valence-corrected chi connectivity index (χ3v) is 4.39. The SMILES string of the molecule is CCCc1ccc(C(CSc2ccccc2)NN)cc1. The van der Waals surface area contributed by atoms with E-state index in [1.54, 1.807) is 0 Å². The van der Waals surface area contributed by atoms with Crippen molar-refractivity contribution in [1.29, 1.82) is 0 Å². The van der Waals surface area contributed by atoms with E-state index in [1.807, 2.05) is 17.8 Å². The minimum atomic E-state index is 0.177. The number of hydrogen-bond acceptors (Lipinski definition) is 3. The van der Waals surface area contributed by atoms with Crippen LogP contribution >= 0.6 is 11.8 Å². The topological polar surface area (TPSA) is 38.0 Å². The van der Waals surface area contributed by atoms with E-state index in [9.17, 15) is 0 Å². The second-order valence-electron chi connectivity index (χ2n) is 4.83. The molecule has 0 aliphatic heterocycles. The molecule has 0 aliphatic carbocycles. The highest BCUT2D eigenvalue weighted by Crippen LogP contribution is 2.24. The molecule has 2 rings (SSSR count). The van der Waals surface area contributed by atoms with Crippen LogP contribution in [0.5, 0.6) is 0 Å². The Labute approximate surface area is 125 Å². The van der Waals surface area contributed by atoms with E-state index in [4.69, 9.17) is 5.84 Å². The Kier molecular flexibility index (Phi) is 6.12. The second-order valence-corrected chi connectivity index (χ2v) is 5.93. The molecule has 0 saturated carbocycles. The van der Waals surface area contributed by atoms with Crippen LogP contribution in [0.4, 0.5) is 0 Å². The molecule has 2 aromatic rings. The number of hydrazine groups is 1. The van der Waals surface area contributed by atoms with Gasteiger partial charge in [-0.15, -0.1) is 11.8 Å². The number of hydrogen-bond donors (Lipinski definition) is 2. The molecule has 2 nitrogen and oxygen atoms in total. The number of benzene rings is 2. The maximum absolute atomic E-state index is 5.70. The average Bonchev–Trinajstić information content (AvgIpc) is 2.51. The zero-order valence-corrected chi connectivity index (χ0v) is 12.7. The van der Waals surface area contributed by atoms with Gasteiger partial charge in [0.25, 0.3) is 0 Å². The molecule has 0 fully saturated rings. The van der Waals surface area contributed by atoms with Crippen LogP contribution in [0.1, 0.15) is 30.5 Å². The van der Waals surface area contributed by atoms with Gasteiger partial charge in [-0.2, -0.15) is 0 Å². The molecule has 0 heterocycles. The van der Waals surface area contributed by atoms with Crippen LogP contribution in [0.2, 0.25) is 0 Å². The minimum absolute atomic E-state index is 0.177. The van der Waals surface area contributed by atoms with Crippen molar-refractivity contribution >= 4 is 11.8 Å². The number of rotatable bonds is 7. The average molecular weight is 286 g/mol. The molecule has 1 atom stereocenters. The van der Waals surface area contributed by atoms with Gasteiger partial charge in [-0.1, -0.05) is 55.8 Å². The molecule has 0 aliphatic rings. The molecular formula is C17H22N2S. The summed E-state index contributed by atoms with van der Waals surface area (Å²) in [6.07, 6.45) is 2.32. The van der Waals surface area contributed by atoms with E-state index in [1.165, 1.54) is 22.4 Å². The summed E-state index contributed by atoms with van der Waals surface area (Å²) in [5, 5.41) is 0. The summed E-state index contributed by atoms with van der Waals surface area (Å²) in [4.78, 5) is 1.27. The molecule has 3 heteroatoms. The zero-order valence-electron chi connectivity index (χ0n) is 11.9. The Morgan fingerprint density at radius 3 is 2.35 bits per heavy atom. The normalized spacial score (nSPS) is 12.3. The lowest BCUT2D eigenvalue weighted by molar-refractivity contribution is 0.610. The van der Waals surface area contributed by atoms with E-state index >= 15 is 0 Å². The molecule has 20 heavy (non-hydrogen) atoms. The number of nitrogens with two attached hydrogens (primary N) is 1. The van der Waals surface area contributed by atoms with Crippen molar-refractivity contribution in [2.75, 3.05) is 5.75 Å². The fraction of sp³-hybridized carbons (Fsp3) is 0.294. The van der Waals surface area contributed by atoms with Gasteiger partial charge in [0.1, 0.15) is 0 Å². The van der Waals surface area contributed by atoms with Crippen LogP contribution in [0.15, 0.2) is 59.5 Å². The first-order valence-electron chi connectivity index (χ1n) is 7.06. The highest BCUT2D eigenvalue weighted by molar-refractivity contribution is 7.99. The van der Waals surface area contributed by atoms with Crippen LogP contribution in [-0.2, 0) is 6.42 Å². The van der Waals surface area contributed by atoms with Crippen LogP contribution in [0.25, 0.3) is 0 Å². The molecule has 0 aromatic heterocycles. The lowest BCUT2D eigenvalue weighted by atomic mass is 10.0. The zero-order chi connectivity index (χ0) is 14.2. The van der Waals surface area contributed by atoms with Crippen LogP contribution in [0, 0.1) is 0 Å². The highest BCUT2D eigenvalue weighted by atomic mass is 32.2. The molecule has 3 N–H and O–H groups in total. The quantitative estimate of drug-likeness (QED) is 0.460. The Morgan fingerprint density at radius 2 is 1.75 bits per heavy atom. The van der Waals surface area contributed by atoms with Gasteiger partial charge in [0.05, 0.1) is 6.04 Å². The number of nitrogens with one attached hydrogen (secondary N) is 1. The fourth-order valence-electron chi connectivity index (χ4n) is 2.14. The summed E-state index contributed by atoms with van der Waals surface area (Å²) in [5.74, 6) is 6.63. The molecular weight excluding hydrogens is 264 g/mol. The molecule has 0 radical (unpaired) electrons. The van der Waals surface area contributed by atoms with Crippen molar-refractivity contribution in [3.63, 3.8) is 0 Å². The molecule has 0 amide bonds. The Bertz CT molecular complexity index is 496. The molecule has 106 valence electrons. The van der Waals surface area contributed by atoms with Gasteiger partial charge in [0.15, 0.2) is 0 Å². The Balaban J connectivity index is 1.97. The largest absolute Gasteiger partial charge is 0.271 e. The summed E-state index contributed by atoms with van der Waals surface area (Å²) in [5.41, 5.74) is 5.56. The predicted molar refractivity (Wildman–Crippen MR) is 87.7 cm³/mol. The third kappa shape index (κ3) is 4.37. The molecule has 1 unspecified atom stereocenters. The first kappa shape index (κ1) is 15.1. The van der Waals surface area contributed by atoms with Crippen LogP contribution in [0.3, 0.4) is 0 Å². The van der Waals surface area contributed by atoms with Gasteiger partial charge >= 0.3 is 0 Å². The Morgan fingerprint density at radius 1 is 1.05 bits per heavy atom. The van der Waals surface area contributed by atoms with Crippen molar-refractivity contribution < 1.29 is 0 Å². The smallest absolute Gasteiger partial charge is 0.0553 e. The Hall–Kier alpha value is -1.29. The van der Waals surface area contributed by atoms with Crippen molar-refractivity contribution in [2.45, 2.75) is 30.7 Å². The second kappa shape index (κ2) is 8.10. The lowest BCUT2D eigenvalue weighted by Gasteiger charge is -2.16. The summed E-state index contributed by atoms with van der Waals surface area (Å²) >= 11 is 1.82. The molecule has 2 aromatic carbocycles. The highest BCUT2D eigenvalue weighted by Gasteiger charge is 2.10. The van der Waals surface area contributed by atoms with Gasteiger partial charge in [0.2, 0.25) is 0 Å². The van der Waals surface area contributed by atoms with E-state index < -0.39 is 0 Å². The van der Waals surface area contributed by atoms with Crippen LogP contribution < -0.4 is 11.3 Å². The fourth-order valence-corrected chi connectivity index (χ4v) is 3.14. The minimum Gasteiger partial charge on any atom is -0.271 e. The molecule has 0 bridgehead atoms. The summed E-state index contributed by atoms with van der Waals surface area (Å²) in [6.45, 7) is 2.20. The van der Waals surface area contributed by atoms with Crippen LogP contribution in [-0.4, -0.2) is 5.75 Å². The summed E-state index contributed by atoms with van der Waals surface area (Å²) in [7, 11) is 0. The third-order valence-electron chi connectivity index (χ3n) is 3.28. The maximum atomic E-state index is 5.70. The van der Waals surface area contributed by atoms with E-state index in [-0.39, 0.29) is 6.04 Å². The molecule has 0 saturated heterocycles. The summed E-state index contributed by atoms with van der Waals surface area (Å²) < 4.78 is 0. The first-order valence-corrected chi connectivity index (χ1v) is 8.05. The van der Waals surface area contributed by atoms with E-state index in [0.717, 1.165) is 12.2 Å². The lowest BCUT2D eigenvalue weighted by Crippen LogP contribution is -2.29. The van der Waals surface area contributed by atoms with Gasteiger partial charge in [0, 0.05) is 10.6 Å². The standard InChI is InChI=1S/C17H22N2S/c1-2-6-14-9-11-15(12-10-14)17(19-18)13-20-16-7-4-3-5-8-16/h3-5,7-12,17,19H,2,6,13,18H2,1H3. The number of aryl methyl sites for hydroxylation is 1. The van der Waals surface area contributed by atoms with Crippen molar-refractivity contribution in [3.05, 3.63) is 65.7 Å². The van der Waals surface area contributed by atoms with Gasteiger partial charge in [-0.3, -0.25) is 11.3 Å². The van der Waals surface area contributed by atoms with E-state index in [0.29, 0.717) is 0 Å². The van der Waals surface area contributed by atoms with Gasteiger partial charge in [-0.05, 0) is 29.7 Å². The van der Waals surface area contributed by atoms with E-state index in [2.05, 4.69) is 60.9 Å². The van der Waals surface area contributed by atoms with Crippen molar-refractivity contribution in [1.82, 2.24) is 5.43 Å². The predicted octanol–water partition coefficient (Wildman–Crippen LogP) is 3.94. The summed E-state index contributed by atoms with van der Waals surface area (Å²) in [6, 6.07) is 19.4. The molecule has 0 spiro atoms. The number of thioether (sulfide) groups is 1. The monoisotopic (exact) mass is 286 g/mol. The first-order chi connectivity index (χ1) is 9.83. The van der Waals surface area contributed by atoms with Crippen molar-refractivity contribution in [3.8, 4) is 0 Å². The van der Waals surface area contributed by atoms with Gasteiger partial charge in [-0.25, -0.2) is 0 Å². The van der Waals surface area contributed by atoms with Gasteiger partial charge < -0.3 is 0 Å².